The standard InChI is InChI=1S/C18H29N3O.2ClH/c1-13(2)21(4)15-9-7-8-14(12-15)20-17(22)16-10-5-6-11-18(16,3)19;;/h7-9,12-13,16H,5-6,10-11,19H2,1-4H3,(H,20,22);2*1H. The van der Waals surface area contributed by atoms with Crippen LogP contribution in [-0.2, 0) is 4.79 Å². The van der Waals surface area contributed by atoms with Crippen molar-refractivity contribution in [2.75, 3.05) is 17.3 Å². The summed E-state index contributed by atoms with van der Waals surface area (Å²) in [6.45, 7) is 6.29. The van der Waals surface area contributed by atoms with Crippen molar-refractivity contribution in [3.8, 4) is 0 Å². The first-order valence-electron chi connectivity index (χ1n) is 8.24. The molecule has 0 aromatic heterocycles. The van der Waals surface area contributed by atoms with Gasteiger partial charge in [0.25, 0.3) is 0 Å². The molecule has 2 unspecified atom stereocenters. The molecule has 1 saturated carbocycles. The minimum atomic E-state index is -0.394. The number of carbonyl (C=O) groups excluding carboxylic acids is 1. The van der Waals surface area contributed by atoms with Gasteiger partial charge in [-0.2, -0.15) is 0 Å². The van der Waals surface area contributed by atoms with E-state index in [9.17, 15) is 4.79 Å². The van der Waals surface area contributed by atoms with Gasteiger partial charge in [-0.15, -0.1) is 24.8 Å². The number of nitrogens with two attached hydrogens (primary N) is 1. The molecule has 1 aromatic rings. The molecule has 24 heavy (non-hydrogen) atoms. The second-order valence-electron chi connectivity index (χ2n) is 7.05. The quantitative estimate of drug-likeness (QED) is 0.827. The highest BCUT2D eigenvalue weighted by atomic mass is 35.5. The number of hydrogen-bond donors (Lipinski definition) is 2. The molecule has 6 heteroatoms. The van der Waals surface area contributed by atoms with Crippen LogP contribution in [0.1, 0.15) is 46.5 Å². The summed E-state index contributed by atoms with van der Waals surface area (Å²) in [5, 5.41) is 3.06. The lowest BCUT2D eigenvalue weighted by atomic mass is 9.74. The number of carbonyl (C=O) groups is 1. The molecule has 0 bridgehead atoms. The molecule has 0 aliphatic heterocycles. The summed E-state index contributed by atoms with van der Waals surface area (Å²) in [7, 11) is 2.06. The number of amides is 1. The van der Waals surface area contributed by atoms with Crippen LogP contribution in [0.3, 0.4) is 0 Å². The molecule has 138 valence electrons. The van der Waals surface area contributed by atoms with Gasteiger partial charge in [0.15, 0.2) is 0 Å². The summed E-state index contributed by atoms with van der Waals surface area (Å²) in [6.07, 6.45) is 4.00. The third-order valence-corrected chi connectivity index (χ3v) is 4.87. The van der Waals surface area contributed by atoms with Gasteiger partial charge >= 0.3 is 0 Å². The Labute approximate surface area is 158 Å². The van der Waals surface area contributed by atoms with Crippen molar-refractivity contribution in [1.82, 2.24) is 0 Å². The first-order valence-corrected chi connectivity index (χ1v) is 8.24. The molecule has 0 heterocycles. The van der Waals surface area contributed by atoms with Gasteiger partial charge in [0, 0.05) is 30.0 Å². The zero-order valence-corrected chi connectivity index (χ0v) is 16.7. The molecule has 1 amide bonds. The average Bonchev–Trinajstić information content (AvgIpc) is 2.46. The van der Waals surface area contributed by atoms with Crippen LogP contribution in [0.5, 0.6) is 0 Å². The van der Waals surface area contributed by atoms with Crippen molar-refractivity contribution in [2.24, 2.45) is 11.7 Å². The normalized spacial score (nSPS) is 23.0. The summed E-state index contributed by atoms with van der Waals surface area (Å²) in [5.74, 6) is -0.0539. The van der Waals surface area contributed by atoms with E-state index in [0.29, 0.717) is 6.04 Å². The van der Waals surface area contributed by atoms with E-state index in [1.165, 1.54) is 0 Å². The Morgan fingerprint density at radius 3 is 2.58 bits per heavy atom. The van der Waals surface area contributed by atoms with Crippen LogP contribution in [0, 0.1) is 5.92 Å². The lowest BCUT2D eigenvalue weighted by Crippen LogP contribution is -2.51. The predicted molar refractivity (Wildman–Crippen MR) is 108 cm³/mol. The molecule has 2 atom stereocenters. The van der Waals surface area contributed by atoms with Crippen LogP contribution in [0.15, 0.2) is 24.3 Å². The molecule has 3 N–H and O–H groups in total. The van der Waals surface area contributed by atoms with Crippen molar-refractivity contribution < 1.29 is 4.79 Å². The largest absolute Gasteiger partial charge is 0.372 e. The zero-order valence-electron chi connectivity index (χ0n) is 15.0. The Morgan fingerprint density at radius 1 is 1.33 bits per heavy atom. The van der Waals surface area contributed by atoms with Crippen LogP contribution in [0.4, 0.5) is 11.4 Å². The molecular formula is C18H31Cl2N3O. The highest BCUT2D eigenvalue weighted by Gasteiger charge is 2.37. The Bertz CT molecular complexity index is 535. The molecule has 1 aliphatic rings. The lowest BCUT2D eigenvalue weighted by molar-refractivity contribution is -0.122. The van der Waals surface area contributed by atoms with E-state index in [1.54, 1.807) is 0 Å². The van der Waals surface area contributed by atoms with E-state index < -0.39 is 5.54 Å². The fourth-order valence-corrected chi connectivity index (χ4v) is 3.12. The minimum Gasteiger partial charge on any atom is -0.372 e. The van der Waals surface area contributed by atoms with Gasteiger partial charge in [-0.05, 0) is 51.8 Å². The van der Waals surface area contributed by atoms with Crippen LogP contribution in [0.25, 0.3) is 0 Å². The Balaban J connectivity index is 0.00000264. The van der Waals surface area contributed by atoms with Gasteiger partial charge < -0.3 is 16.0 Å². The number of benzene rings is 1. The molecular weight excluding hydrogens is 345 g/mol. The predicted octanol–water partition coefficient (Wildman–Crippen LogP) is 4.22. The van der Waals surface area contributed by atoms with Crippen LogP contribution in [0.2, 0.25) is 0 Å². The SMILES string of the molecule is CC(C)N(C)c1cccc(NC(=O)C2CCCCC2(C)N)c1.Cl.Cl. The molecule has 0 saturated heterocycles. The summed E-state index contributed by atoms with van der Waals surface area (Å²) in [6, 6.07) is 8.41. The fraction of sp³-hybridized carbons (Fsp3) is 0.611. The molecule has 1 fully saturated rings. The third-order valence-electron chi connectivity index (χ3n) is 4.87. The molecule has 1 aliphatic carbocycles. The number of anilines is 2. The van der Waals surface area contributed by atoms with Gasteiger partial charge in [0.05, 0.1) is 5.92 Å². The molecule has 0 spiro atoms. The topological polar surface area (TPSA) is 58.4 Å². The summed E-state index contributed by atoms with van der Waals surface area (Å²) in [5.41, 5.74) is 7.88. The fourth-order valence-electron chi connectivity index (χ4n) is 3.12. The number of nitrogens with one attached hydrogen (secondary N) is 1. The number of rotatable bonds is 4. The monoisotopic (exact) mass is 375 g/mol. The highest BCUT2D eigenvalue weighted by molar-refractivity contribution is 5.94. The third kappa shape index (κ3) is 5.54. The highest BCUT2D eigenvalue weighted by Crippen LogP contribution is 2.32. The summed E-state index contributed by atoms with van der Waals surface area (Å²) < 4.78 is 0. The molecule has 4 nitrogen and oxygen atoms in total. The maximum atomic E-state index is 12.6. The smallest absolute Gasteiger partial charge is 0.229 e. The van der Waals surface area contributed by atoms with E-state index in [0.717, 1.165) is 37.1 Å². The first kappa shape index (κ1) is 23.0. The van der Waals surface area contributed by atoms with E-state index in [-0.39, 0.29) is 36.6 Å². The number of halogens is 2. The van der Waals surface area contributed by atoms with Gasteiger partial charge in [-0.1, -0.05) is 18.9 Å². The Hall–Kier alpha value is -0.970. The van der Waals surface area contributed by atoms with Crippen molar-refractivity contribution in [2.45, 2.75) is 58.0 Å². The summed E-state index contributed by atoms with van der Waals surface area (Å²) in [4.78, 5) is 14.8. The van der Waals surface area contributed by atoms with Gasteiger partial charge in [-0.25, -0.2) is 0 Å². The molecule has 2 rings (SSSR count). The van der Waals surface area contributed by atoms with E-state index >= 15 is 0 Å². The van der Waals surface area contributed by atoms with E-state index in [2.05, 4.69) is 37.2 Å². The maximum absolute atomic E-state index is 12.6. The van der Waals surface area contributed by atoms with Crippen LogP contribution < -0.4 is 16.0 Å². The Morgan fingerprint density at radius 2 is 2.00 bits per heavy atom. The summed E-state index contributed by atoms with van der Waals surface area (Å²) >= 11 is 0. The minimum absolute atomic E-state index is 0. The van der Waals surface area contributed by atoms with Crippen molar-refractivity contribution in [1.29, 1.82) is 0 Å². The van der Waals surface area contributed by atoms with Crippen molar-refractivity contribution in [3.63, 3.8) is 0 Å². The lowest BCUT2D eigenvalue weighted by Gasteiger charge is -2.37. The molecule has 1 aromatic carbocycles. The van der Waals surface area contributed by atoms with Crippen molar-refractivity contribution in [3.05, 3.63) is 24.3 Å². The van der Waals surface area contributed by atoms with Crippen molar-refractivity contribution >= 4 is 42.1 Å². The second kappa shape index (κ2) is 9.50. The second-order valence-corrected chi connectivity index (χ2v) is 7.05. The van der Waals surface area contributed by atoms with E-state index in [4.69, 9.17) is 5.73 Å². The first-order chi connectivity index (χ1) is 10.3. The van der Waals surface area contributed by atoms with Gasteiger partial charge in [0.1, 0.15) is 0 Å². The Kier molecular flexibility index (Phi) is 9.11. The van der Waals surface area contributed by atoms with Gasteiger partial charge in [-0.3, -0.25) is 4.79 Å². The molecule has 0 radical (unpaired) electrons. The zero-order chi connectivity index (χ0) is 16.3. The van der Waals surface area contributed by atoms with Gasteiger partial charge in [0.2, 0.25) is 5.91 Å². The van der Waals surface area contributed by atoms with Crippen LogP contribution >= 0.6 is 24.8 Å². The van der Waals surface area contributed by atoms with E-state index in [1.807, 2.05) is 25.1 Å². The van der Waals surface area contributed by atoms with Crippen LogP contribution in [-0.4, -0.2) is 24.5 Å². The number of hydrogen-bond acceptors (Lipinski definition) is 3. The number of nitrogens with zero attached hydrogens (tertiary/aromatic N) is 1. The average molecular weight is 376 g/mol. The maximum Gasteiger partial charge on any atom is 0.229 e.